The molecule has 0 aliphatic carbocycles. The summed E-state index contributed by atoms with van der Waals surface area (Å²) in [6.45, 7) is 3.39. The lowest BCUT2D eigenvalue weighted by molar-refractivity contribution is -0.140. The Morgan fingerprint density at radius 2 is 1.60 bits per heavy atom. The number of benzene rings is 4. The van der Waals surface area contributed by atoms with E-state index in [4.69, 9.17) is 9.47 Å². The second-order valence-corrected chi connectivity index (χ2v) is 12.2. The van der Waals surface area contributed by atoms with Crippen LogP contribution in [0.5, 0.6) is 0 Å². The maximum atomic E-state index is 13.0. The predicted octanol–water partition coefficient (Wildman–Crippen LogP) is 7.34. The number of nitrogens with zero attached hydrogens (tertiary/aromatic N) is 3. The van der Waals surface area contributed by atoms with Gasteiger partial charge in [-0.1, -0.05) is 60.7 Å². The van der Waals surface area contributed by atoms with Crippen LogP contribution < -0.4 is 26.4 Å². The van der Waals surface area contributed by atoms with Crippen LogP contribution in [0.2, 0.25) is 0 Å². The minimum Gasteiger partial charge on any atom is -0.453 e. The van der Waals surface area contributed by atoms with Gasteiger partial charge in [0.05, 0.1) is 16.9 Å². The van der Waals surface area contributed by atoms with E-state index in [1.165, 1.54) is 23.5 Å². The molecule has 0 radical (unpaired) electrons. The second kappa shape index (κ2) is 17.4. The Morgan fingerprint density at radius 3 is 2.27 bits per heavy atom. The quantitative estimate of drug-likeness (QED) is 0.0574. The zero-order chi connectivity index (χ0) is 37.1. The summed E-state index contributed by atoms with van der Waals surface area (Å²) in [5.41, 5.74) is 7.20. The molecule has 3 amide bonds. The molecular formula is C36H34F3N7O5S. The fourth-order valence-corrected chi connectivity index (χ4v) is 5.38. The summed E-state index contributed by atoms with van der Waals surface area (Å²) in [6, 6.07) is 25.6. The Bertz CT molecular complexity index is 1910. The Kier molecular flexibility index (Phi) is 12.5. The van der Waals surface area contributed by atoms with Gasteiger partial charge in [-0.25, -0.2) is 19.6 Å². The minimum absolute atomic E-state index is 0.0489. The molecule has 1 unspecified atom stereocenters. The number of rotatable bonds is 10. The number of carbonyl (C=O) groups excluding carboxylic acids is 3. The Morgan fingerprint density at radius 1 is 0.904 bits per heavy atom. The Balaban J connectivity index is 1.13. The molecule has 12 nitrogen and oxygen atoms in total. The maximum Gasteiger partial charge on any atom is 0.416 e. The number of hydrazine groups is 1. The van der Waals surface area contributed by atoms with Crippen molar-refractivity contribution in [2.75, 3.05) is 22.8 Å². The van der Waals surface area contributed by atoms with Crippen LogP contribution in [0.15, 0.2) is 107 Å². The average Bonchev–Trinajstić information content (AvgIpc) is 3.62. The number of ether oxygens (including phenoxy) is 2. The molecule has 270 valence electrons. The van der Waals surface area contributed by atoms with E-state index in [2.05, 4.69) is 31.4 Å². The number of urea groups is 1. The normalized spacial score (nSPS) is 14.1. The Hall–Kier alpha value is -5.87. The molecule has 0 fully saturated rings. The topological polar surface area (TPSA) is 146 Å². The summed E-state index contributed by atoms with van der Waals surface area (Å²) >= 11 is 0.969. The molecule has 52 heavy (non-hydrogen) atoms. The highest BCUT2D eigenvalue weighted by Gasteiger charge is 2.30. The molecule has 5 rings (SSSR count). The van der Waals surface area contributed by atoms with E-state index in [0.717, 1.165) is 46.1 Å². The number of alkyl halides is 3. The smallest absolute Gasteiger partial charge is 0.416 e. The lowest BCUT2D eigenvalue weighted by Gasteiger charge is -2.19. The first-order chi connectivity index (χ1) is 24.9. The third-order valence-corrected chi connectivity index (χ3v) is 8.13. The predicted molar refractivity (Wildman–Crippen MR) is 193 cm³/mol. The molecule has 4 aromatic carbocycles. The van der Waals surface area contributed by atoms with Gasteiger partial charge in [0.1, 0.15) is 31.6 Å². The molecule has 1 atom stereocenters. The van der Waals surface area contributed by atoms with Crippen LogP contribution >= 0.6 is 11.8 Å². The van der Waals surface area contributed by atoms with E-state index in [0.29, 0.717) is 17.1 Å². The van der Waals surface area contributed by atoms with E-state index in [1.54, 1.807) is 36.4 Å². The second-order valence-electron chi connectivity index (χ2n) is 11.3. The number of para-hydroxylation sites is 1. The van der Waals surface area contributed by atoms with Gasteiger partial charge in [-0.3, -0.25) is 15.1 Å². The van der Waals surface area contributed by atoms with Crippen molar-refractivity contribution in [3.8, 4) is 0 Å². The van der Waals surface area contributed by atoms with Gasteiger partial charge in [0.15, 0.2) is 5.17 Å². The third-order valence-electron chi connectivity index (χ3n) is 7.43. The summed E-state index contributed by atoms with van der Waals surface area (Å²) < 4.78 is 49.1. The van der Waals surface area contributed by atoms with Gasteiger partial charge in [-0.05, 0) is 84.3 Å². The van der Waals surface area contributed by atoms with Crippen molar-refractivity contribution in [3.63, 3.8) is 0 Å². The van der Waals surface area contributed by atoms with Crippen LogP contribution in [0.4, 0.5) is 39.8 Å². The molecular weight excluding hydrogens is 700 g/mol. The molecule has 16 heteroatoms. The van der Waals surface area contributed by atoms with Crippen LogP contribution in [0.25, 0.3) is 0 Å². The number of esters is 1. The first-order valence-corrected chi connectivity index (χ1v) is 16.7. The number of hydrogen-bond acceptors (Lipinski definition) is 10. The van der Waals surface area contributed by atoms with Crippen molar-refractivity contribution < 1.29 is 37.0 Å². The van der Waals surface area contributed by atoms with Crippen molar-refractivity contribution >= 4 is 58.4 Å². The fourth-order valence-electron chi connectivity index (χ4n) is 4.75. The molecule has 0 spiro atoms. The van der Waals surface area contributed by atoms with Crippen molar-refractivity contribution in [2.24, 2.45) is 9.98 Å². The van der Waals surface area contributed by atoms with Crippen LogP contribution in [-0.4, -0.2) is 42.1 Å². The van der Waals surface area contributed by atoms with Gasteiger partial charge in [-0.2, -0.15) is 18.6 Å². The summed E-state index contributed by atoms with van der Waals surface area (Å²) in [5, 5.41) is 9.46. The molecule has 0 bridgehead atoms. The first-order valence-electron chi connectivity index (χ1n) is 15.8. The highest BCUT2D eigenvalue weighted by atomic mass is 32.2. The van der Waals surface area contributed by atoms with Gasteiger partial charge in [0.2, 0.25) is 0 Å². The largest absolute Gasteiger partial charge is 0.453 e. The number of alkyl carbamates (subject to hydrolysis) is 1. The number of amidine groups is 1. The van der Waals surface area contributed by atoms with Gasteiger partial charge in [-0.15, -0.1) is 0 Å². The molecule has 1 aliphatic rings. The van der Waals surface area contributed by atoms with Crippen molar-refractivity contribution in [1.29, 1.82) is 0 Å². The van der Waals surface area contributed by atoms with Crippen LogP contribution in [-0.2, 0) is 27.1 Å². The van der Waals surface area contributed by atoms with E-state index in [1.807, 2.05) is 50.2 Å². The third kappa shape index (κ3) is 10.8. The number of aliphatic imine (C=N–C) groups is 2. The zero-order valence-electron chi connectivity index (χ0n) is 27.9. The average molecular weight is 734 g/mol. The standard InChI is InChI=1S/C36H34F3N7O5S/c1-23-7-6-8-24(2)31(23)43-34(52-22-51-30(47)19-40-35(49)50-20-25-9-4-3-5-10-25)44-33(48)42-28-15-11-26(12-16-28)32-41-21-46(45-32)29-17-13-27(14-18-29)36(37,38)39/h3-18,21,32,45H,19-20,22H2,1-2H3,(H,40,49)(H2,42,43,44,48). The molecule has 1 heterocycles. The van der Waals surface area contributed by atoms with E-state index < -0.39 is 42.5 Å². The summed E-state index contributed by atoms with van der Waals surface area (Å²) in [6.07, 6.45) is -4.22. The summed E-state index contributed by atoms with van der Waals surface area (Å²) in [5.74, 6) is -0.930. The van der Waals surface area contributed by atoms with Crippen LogP contribution in [0.3, 0.4) is 0 Å². The lowest BCUT2D eigenvalue weighted by Crippen LogP contribution is -2.34. The van der Waals surface area contributed by atoms with Gasteiger partial charge in [0.25, 0.3) is 0 Å². The van der Waals surface area contributed by atoms with E-state index in [9.17, 15) is 27.6 Å². The van der Waals surface area contributed by atoms with E-state index in [-0.39, 0.29) is 17.7 Å². The highest BCUT2D eigenvalue weighted by molar-refractivity contribution is 8.13. The van der Waals surface area contributed by atoms with Gasteiger partial charge >= 0.3 is 24.3 Å². The molecule has 0 aromatic heterocycles. The number of anilines is 2. The SMILES string of the molecule is Cc1cccc(C)c1N=C(NC(=O)Nc1ccc(C2N=CN(c3ccc(C(F)(F)F)cc3)N2)cc1)SCOC(=O)CNC(=O)OCc1ccccc1. The van der Waals surface area contributed by atoms with Gasteiger partial charge in [0, 0.05) is 5.69 Å². The highest BCUT2D eigenvalue weighted by Crippen LogP contribution is 2.31. The monoisotopic (exact) mass is 733 g/mol. The first kappa shape index (κ1) is 37.4. The number of halogens is 3. The zero-order valence-corrected chi connectivity index (χ0v) is 28.8. The number of thioether (sulfide) groups is 1. The molecule has 1 aliphatic heterocycles. The summed E-state index contributed by atoms with van der Waals surface area (Å²) in [4.78, 5) is 46.3. The summed E-state index contributed by atoms with van der Waals surface area (Å²) in [7, 11) is 0. The van der Waals surface area contributed by atoms with Crippen LogP contribution in [0, 0.1) is 13.8 Å². The number of carbonyl (C=O) groups is 3. The molecule has 0 saturated carbocycles. The Labute approximate surface area is 301 Å². The maximum absolute atomic E-state index is 13.0. The van der Waals surface area contributed by atoms with Crippen LogP contribution in [0.1, 0.15) is 34.0 Å². The number of amides is 3. The van der Waals surface area contributed by atoms with Gasteiger partial charge < -0.3 is 20.1 Å². The number of hydrogen-bond donors (Lipinski definition) is 4. The minimum atomic E-state index is -4.43. The van der Waals surface area contributed by atoms with Crippen molar-refractivity contribution in [3.05, 3.63) is 125 Å². The molecule has 4 N–H and O–H groups in total. The molecule has 0 saturated heterocycles. The number of aryl methyl sites for hydroxylation is 2. The fraction of sp³-hybridized carbons (Fsp3) is 0.194. The van der Waals surface area contributed by atoms with E-state index >= 15 is 0 Å². The van der Waals surface area contributed by atoms with Crippen molar-refractivity contribution in [1.82, 2.24) is 16.1 Å². The number of nitrogens with one attached hydrogen (secondary N) is 4. The lowest BCUT2D eigenvalue weighted by atomic mass is 10.1. The van der Waals surface area contributed by atoms with Crippen molar-refractivity contribution in [2.45, 2.75) is 32.8 Å². The molecule has 4 aromatic rings.